The molecule has 1 amide bonds. The van der Waals surface area contributed by atoms with Gasteiger partial charge in [-0.2, -0.15) is 0 Å². The fourth-order valence-corrected chi connectivity index (χ4v) is 4.13. The van der Waals surface area contributed by atoms with Crippen molar-refractivity contribution in [3.8, 4) is 17.2 Å². The van der Waals surface area contributed by atoms with Gasteiger partial charge in [-0.1, -0.05) is 0 Å². The summed E-state index contributed by atoms with van der Waals surface area (Å²) >= 11 is 0. The Labute approximate surface area is 173 Å². The molecule has 1 saturated carbocycles. The Kier molecular flexibility index (Phi) is 4.58. The normalized spacial score (nSPS) is 22.5. The minimum atomic E-state index is -0.820. The van der Waals surface area contributed by atoms with Gasteiger partial charge < -0.3 is 19.9 Å². The molecule has 0 radical (unpaired) electrons. The molecular formula is C22H23N3O5. The molecule has 1 aromatic heterocycles. The summed E-state index contributed by atoms with van der Waals surface area (Å²) in [6.07, 6.45) is 5.12. The zero-order chi connectivity index (χ0) is 20.7. The number of aliphatic carboxylic acids is 1. The van der Waals surface area contributed by atoms with Crippen LogP contribution in [-0.4, -0.2) is 52.1 Å². The maximum atomic E-state index is 11.9. The van der Waals surface area contributed by atoms with Gasteiger partial charge in [-0.25, -0.2) is 4.98 Å². The second kappa shape index (κ2) is 7.28. The van der Waals surface area contributed by atoms with E-state index in [-0.39, 0.29) is 23.9 Å². The van der Waals surface area contributed by atoms with Gasteiger partial charge in [0, 0.05) is 24.7 Å². The molecule has 8 heteroatoms. The zero-order valence-electron chi connectivity index (χ0n) is 16.5. The van der Waals surface area contributed by atoms with Gasteiger partial charge in [-0.05, 0) is 55.5 Å². The highest BCUT2D eigenvalue weighted by Crippen LogP contribution is 2.42. The molecule has 1 atom stereocenters. The van der Waals surface area contributed by atoms with Crippen LogP contribution in [0.2, 0.25) is 0 Å². The number of hydrogen-bond acceptors (Lipinski definition) is 6. The Morgan fingerprint density at radius 3 is 2.83 bits per heavy atom. The molecule has 2 fully saturated rings. The SMILES string of the molecule is O=C(O)CN1CCC12COc1ccc(Oc3ccnc(NC(=O)C4CC4)c3)cc1C2. The van der Waals surface area contributed by atoms with Crippen molar-refractivity contribution < 1.29 is 24.2 Å². The van der Waals surface area contributed by atoms with Gasteiger partial charge in [0.25, 0.3) is 0 Å². The number of carboxylic acids is 1. The lowest BCUT2D eigenvalue weighted by atomic mass is 9.78. The first-order valence-corrected chi connectivity index (χ1v) is 10.2. The molecule has 3 aliphatic rings. The van der Waals surface area contributed by atoms with E-state index >= 15 is 0 Å². The number of carbonyl (C=O) groups is 2. The van der Waals surface area contributed by atoms with Gasteiger partial charge in [0.05, 0.1) is 12.1 Å². The van der Waals surface area contributed by atoms with Crippen molar-refractivity contribution in [3.63, 3.8) is 0 Å². The number of rotatable bonds is 6. The molecule has 1 aliphatic carbocycles. The number of benzene rings is 1. The van der Waals surface area contributed by atoms with Crippen molar-refractivity contribution in [2.45, 2.75) is 31.2 Å². The number of nitrogens with one attached hydrogen (secondary N) is 1. The molecular weight excluding hydrogens is 386 g/mol. The van der Waals surface area contributed by atoms with Crippen LogP contribution in [0.4, 0.5) is 5.82 Å². The number of amides is 1. The topological polar surface area (TPSA) is 101 Å². The summed E-state index contributed by atoms with van der Waals surface area (Å²) in [6, 6.07) is 9.11. The minimum Gasteiger partial charge on any atom is -0.491 e. The van der Waals surface area contributed by atoms with E-state index < -0.39 is 5.97 Å². The van der Waals surface area contributed by atoms with Gasteiger partial charge in [0.15, 0.2) is 0 Å². The predicted molar refractivity (Wildman–Crippen MR) is 108 cm³/mol. The first-order chi connectivity index (χ1) is 14.5. The number of hydrogen-bond donors (Lipinski definition) is 2. The molecule has 1 aromatic carbocycles. The Balaban J connectivity index is 1.30. The van der Waals surface area contributed by atoms with E-state index in [1.807, 2.05) is 23.1 Å². The van der Waals surface area contributed by atoms with Crippen molar-refractivity contribution in [2.24, 2.45) is 5.92 Å². The lowest BCUT2D eigenvalue weighted by molar-refractivity contribution is -0.145. The summed E-state index contributed by atoms with van der Waals surface area (Å²) in [6.45, 7) is 1.30. The number of likely N-dealkylation sites (tertiary alicyclic amines) is 1. The largest absolute Gasteiger partial charge is 0.491 e. The highest BCUT2D eigenvalue weighted by atomic mass is 16.5. The van der Waals surface area contributed by atoms with Gasteiger partial charge in [0.2, 0.25) is 5.91 Å². The van der Waals surface area contributed by atoms with Crippen LogP contribution in [-0.2, 0) is 16.0 Å². The Hall–Kier alpha value is -3.13. The van der Waals surface area contributed by atoms with E-state index in [1.165, 1.54) is 0 Å². The molecule has 8 nitrogen and oxygen atoms in total. The second-order valence-electron chi connectivity index (χ2n) is 8.27. The average Bonchev–Trinajstić information content (AvgIpc) is 3.56. The molecule has 1 unspecified atom stereocenters. The number of nitrogens with zero attached hydrogens (tertiary/aromatic N) is 2. The van der Waals surface area contributed by atoms with E-state index in [0.717, 1.165) is 43.5 Å². The van der Waals surface area contributed by atoms with Crippen LogP contribution >= 0.6 is 0 Å². The lowest BCUT2D eigenvalue weighted by Crippen LogP contribution is -2.66. The molecule has 5 rings (SSSR count). The number of carboxylic acid groups (broad SMARTS) is 1. The maximum Gasteiger partial charge on any atom is 0.317 e. The van der Waals surface area contributed by atoms with E-state index in [4.69, 9.17) is 14.6 Å². The summed E-state index contributed by atoms with van der Waals surface area (Å²) < 4.78 is 11.9. The number of fused-ring (bicyclic) bond motifs is 1. The van der Waals surface area contributed by atoms with Crippen LogP contribution in [0.1, 0.15) is 24.8 Å². The first-order valence-electron chi connectivity index (χ1n) is 10.2. The van der Waals surface area contributed by atoms with Crippen LogP contribution < -0.4 is 14.8 Å². The Morgan fingerprint density at radius 2 is 2.10 bits per heavy atom. The van der Waals surface area contributed by atoms with E-state index in [9.17, 15) is 9.59 Å². The third-order valence-corrected chi connectivity index (χ3v) is 6.06. The standard InChI is InChI=1S/C22H23N3O5/c26-20(27)12-25-8-6-22(25)11-15-9-16(3-4-18(15)29-13-22)30-17-5-7-23-19(10-17)24-21(28)14-1-2-14/h3-5,7,9-10,14H,1-2,6,8,11-13H2,(H,26,27)(H,23,24,28). The predicted octanol–water partition coefficient (Wildman–Crippen LogP) is 2.69. The smallest absolute Gasteiger partial charge is 0.317 e. The van der Waals surface area contributed by atoms with Crippen molar-refractivity contribution >= 4 is 17.7 Å². The van der Waals surface area contributed by atoms with Crippen LogP contribution in [0, 0.1) is 5.92 Å². The molecule has 0 bridgehead atoms. The van der Waals surface area contributed by atoms with Crippen LogP contribution in [0.25, 0.3) is 0 Å². The Bertz CT molecular complexity index is 1010. The third-order valence-electron chi connectivity index (χ3n) is 6.06. The quantitative estimate of drug-likeness (QED) is 0.756. The number of ether oxygens (including phenoxy) is 2. The Morgan fingerprint density at radius 1 is 1.27 bits per heavy atom. The molecule has 30 heavy (non-hydrogen) atoms. The van der Waals surface area contributed by atoms with Gasteiger partial charge >= 0.3 is 5.97 Å². The first kappa shape index (κ1) is 18.9. The molecule has 2 N–H and O–H groups in total. The fraction of sp³-hybridized carbons (Fsp3) is 0.409. The van der Waals surface area contributed by atoms with Gasteiger partial charge in [0.1, 0.15) is 29.7 Å². The molecule has 3 heterocycles. The third kappa shape index (κ3) is 3.70. The van der Waals surface area contributed by atoms with Crippen molar-refractivity contribution in [1.29, 1.82) is 0 Å². The van der Waals surface area contributed by atoms with Crippen LogP contribution in [0.15, 0.2) is 36.5 Å². The molecule has 1 spiro atoms. The van der Waals surface area contributed by atoms with E-state index in [0.29, 0.717) is 23.9 Å². The summed E-state index contributed by atoms with van der Waals surface area (Å²) in [5.41, 5.74) is 0.756. The fourth-order valence-electron chi connectivity index (χ4n) is 4.13. The summed E-state index contributed by atoms with van der Waals surface area (Å²) in [5, 5.41) is 12.0. The van der Waals surface area contributed by atoms with Crippen molar-refractivity contribution in [3.05, 3.63) is 42.1 Å². The maximum absolute atomic E-state index is 11.9. The number of carbonyl (C=O) groups excluding carboxylic acids is 1. The van der Waals surface area contributed by atoms with Gasteiger partial charge in [-0.3, -0.25) is 14.5 Å². The lowest BCUT2D eigenvalue weighted by Gasteiger charge is -2.53. The van der Waals surface area contributed by atoms with E-state index in [2.05, 4.69) is 10.3 Å². The minimum absolute atomic E-state index is 0.00212. The van der Waals surface area contributed by atoms with Crippen LogP contribution in [0.3, 0.4) is 0 Å². The molecule has 2 aliphatic heterocycles. The molecule has 1 saturated heterocycles. The number of pyridine rings is 1. The zero-order valence-corrected chi connectivity index (χ0v) is 16.5. The van der Waals surface area contributed by atoms with Crippen molar-refractivity contribution in [1.82, 2.24) is 9.88 Å². The molecule has 156 valence electrons. The number of aromatic nitrogens is 1. The average molecular weight is 409 g/mol. The summed E-state index contributed by atoms with van der Waals surface area (Å²) in [5.74, 6) is 1.81. The van der Waals surface area contributed by atoms with Crippen molar-refractivity contribution in [2.75, 3.05) is 25.0 Å². The summed E-state index contributed by atoms with van der Waals surface area (Å²) in [4.78, 5) is 29.2. The highest BCUT2D eigenvalue weighted by Gasteiger charge is 2.48. The summed E-state index contributed by atoms with van der Waals surface area (Å²) in [7, 11) is 0. The van der Waals surface area contributed by atoms with Gasteiger partial charge in [-0.15, -0.1) is 0 Å². The van der Waals surface area contributed by atoms with E-state index in [1.54, 1.807) is 18.3 Å². The number of anilines is 1. The highest BCUT2D eigenvalue weighted by molar-refractivity contribution is 5.93. The molecule has 2 aromatic rings. The van der Waals surface area contributed by atoms with Crippen LogP contribution in [0.5, 0.6) is 17.2 Å². The monoisotopic (exact) mass is 409 g/mol. The second-order valence-corrected chi connectivity index (χ2v) is 8.27.